The molecule has 0 unspecified atom stereocenters. The predicted molar refractivity (Wildman–Crippen MR) is 92.2 cm³/mol. The van der Waals surface area contributed by atoms with Crippen LogP contribution in [0, 0.1) is 5.82 Å². The molecule has 0 aliphatic carbocycles. The van der Waals surface area contributed by atoms with Gasteiger partial charge in [0.2, 0.25) is 11.8 Å². The van der Waals surface area contributed by atoms with Crippen LogP contribution in [0.25, 0.3) is 0 Å². The van der Waals surface area contributed by atoms with Crippen LogP contribution in [0.1, 0.15) is 24.0 Å². The van der Waals surface area contributed by atoms with Crippen LogP contribution in [0.4, 0.5) is 23.2 Å². The van der Waals surface area contributed by atoms with E-state index in [4.69, 9.17) is 0 Å². The van der Waals surface area contributed by atoms with Gasteiger partial charge >= 0.3 is 6.18 Å². The molecule has 1 N–H and O–H groups in total. The topological polar surface area (TPSA) is 49.4 Å². The van der Waals surface area contributed by atoms with Gasteiger partial charge in [0.1, 0.15) is 5.82 Å². The molecular weight excluding hydrogens is 364 g/mol. The lowest BCUT2D eigenvalue weighted by molar-refractivity contribution is -0.137. The van der Waals surface area contributed by atoms with Crippen LogP contribution in [0.15, 0.2) is 48.5 Å². The fourth-order valence-electron chi connectivity index (χ4n) is 2.36. The maximum absolute atomic E-state index is 13.1. The number of nitrogens with zero attached hydrogens (tertiary/aromatic N) is 1. The largest absolute Gasteiger partial charge is 0.416 e. The minimum Gasteiger partial charge on any atom is -0.341 e. The van der Waals surface area contributed by atoms with Crippen molar-refractivity contribution in [2.75, 3.05) is 12.4 Å². The highest BCUT2D eigenvalue weighted by atomic mass is 19.4. The van der Waals surface area contributed by atoms with Crippen LogP contribution in [0.3, 0.4) is 0 Å². The highest BCUT2D eigenvalue weighted by Crippen LogP contribution is 2.29. The Balaban J connectivity index is 1.82. The van der Waals surface area contributed by atoms with E-state index in [1.165, 1.54) is 42.3 Å². The molecule has 0 aliphatic rings. The highest BCUT2D eigenvalue weighted by Gasteiger charge is 2.30. The Morgan fingerprint density at radius 1 is 1.04 bits per heavy atom. The van der Waals surface area contributed by atoms with Crippen molar-refractivity contribution in [3.63, 3.8) is 0 Å². The summed E-state index contributed by atoms with van der Waals surface area (Å²) < 4.78 is 50.7. The Labute approximate surface area is 153 Å². The van der Waals surface area contributed by atoms with Gasteiger partial charge in [-0.05, 0) is 35.9 Å². The predicted octanol–water partition coefficient (Wildman–Crippen LogP) is 4.22. The molecule has 2 aromatic rings. The monoisotopic (exact) mass is 382 g/mol. The first-order valence-electron chi connectivity index (χ1n) is 8.10. The standard InChI is InChI=1S/C19H18F4N2O2/c1-25(12-13-5-7-14(8-6-13)19(21,22)23)18(27)10-9-17(26)24-16-4-2-3-15(20)11-16/h2-8,11H,9-10,12H2,1H3,(H,24,26). The van der Waals surface area contributed by atoms with Crippen LogP contribution in [-0.4, -0.2) is 23.8 Å². The first kappa shape index (κ1) is 20.4. The van der Waals surface area contributed by atoms with E-state index in [1.807, 2.05) is 0 Å². The molecule has 27 heavy (non-hydrogen) atoms. The molecule has 0 aromatic heterocycles. The molecule has 0 bridgehead atoms. The SMILES string of the molecule is CN(Cc1ccc(C(F)(F)F)cc1)C(=O)CCC(=O)Nc1cccc(F)c1. The van der Waals surface area contributed by atoms with Gasteiger partial charge in [-0.1, -0.05) is 18.2 Å². The molecule has 0 spiro atoms. The van der Waals surface area contributed by atoms with E-state index in [2.05, 4.69) is 5.32 Å². The van der Waals surface area contributed by atoms with Gasteiger partial charge in [0.05, 0.1) is 5.56 Å². The first-order chi connectivity index (χ1) is 12.6. The third-order valence-electron chi connectivity index (χ3n) is 3.80. The summed E-state index contributed by atoms with van der Waals surface area (Å²) in [4.78, 5) is 25.3. The van der Waals surface area contributed by atoms with Crippen molar-refractivity contribution >= 4 is 17.5 Å². The molecule has 0 radical (unpaired) electrons. The molecule has 0 aliphatic heterocycles. The third-order valence-corrected chi connectivity index (χ3v) is 3.80. The van der Waals surface area contributed by atoms with E-state index >= 15 is 0 Å². The molecule has 144 valence electrons. The number of amides is 2. The molecule has 4 nitrogen and oxygen atoms in total. The lowest BCUT2D eigenvalue weighted by Gasteiger charge is -2.17. The highest BCUT2D eigenvalue weighted by molar-refractivity contribution is 5.93. The van der Waals surface area contributed by atoms with Gasteiger partial charge in [-0.2, -0.15) is 13.2 Å². The van der Waals surface area contributed by atoms with E-state index in [9.17, 15) is 27.2 Å². The van der Waals surface area contributed by atoms with Crippen LogP contribution in [0.5, 0.6) is 0 Å². The van der Waals surface area contributed by atoms with E-state index < -0.39 is 23.5 Å². The van der Waals surface area contributed by atoms with Crippen molar-refractivity contribution < 1.29 is 27.2 Å². The number of hydrogen-bond acceptors (Lipinski definition) is 2. The van der Waals surface area contributed by atoms with Gasteiger partial charge in [-0.3, -0.25) is 9.59 Å². The minimum atomic E-state index is -4.41. The number of benzene rings is 2. The molecule has 0 saturated carbocycles. The summed E-state index contributed by atoms with van der Waals surface area (Å²) in [5.74, 6) is -1.25. The fourth-order valence-corrected chi connectivity index (χ4v) is 2.36. The van der Waals surface area contributed by atoms with E-state index in [1.54, 1.807) is 0 Å². The van der Waals surface area contributed by atoms with Crippen molar-refractivity contribution in [3.8, 4) is 0 Å². The molecule has 0 fully saturated rings. The number of alkyl halides is 3. The second kappa shape index (κ2) is 8.66. The minimum absolute atomic E-state index is 0.0711. The van der Waals surface area contributed by atoms with Crippen LogP contribution < -0.4 is 5.32 Å². The molecular formula is C19H18F4N2O2. The van der Waals surface area contributed by atoms with Gasteiger partial charge in [0.15, 0.2) is 0 Å². The molecule has 2 aromatic carbocycles. The van der Waals surface area contributed by atoms with Crippen LogP contribution in [0.2, 0.25) is 0 Å². The molecule has 0 saturated heterocycles. The number of anilines is 1. The Bertz CT molecular complexity index is 804. The summed E-state index contributed by atoms with van der Waals surface area (Å²) in [6.07, 6.45) is -4.57. The van der Waals surface area contributed by atoms with E-state index in [0.29, 0.717) is 11.3 Å². The maximum atomic E-state index is 13.1. The maximum Gasteiger partial charge on any atom is 0.416 e. The zero-order valence-corrected chi connectivity index (χ0v) is 14.5. The van der Waals surface area contributed by atoms with Gasteiger partial charge in [-0.25, -0.2) is 4.39 Å². The average Bonchev–Trinajstić information content (AvgIpc) is 2.59. The Morgan fingerprint density at radius 2 is 1.70 bits per heavy atom. The van der Waals surface area contributed by atoms with Crippen molar-refractivity contribution in [2.45, 2.75) is 25.6 Å². The molecule has 2 rings (SSSR count). The van der Waals surface area contributed by atoms with E-state index in [0.717, 1.165) is 18.2 Å². The number of halogens is 4. The van der Waals surface area contributed by atoms with Gasteiger partial charge < -0.3 is 10.2 Å². The van der Waals surface area contributed by atoms with Crippen LogP contribution >= 0.6 is 0 Å². The molecule has 0 atom stereocenters. The summed E-state index contributed by atoms with van der Waals surface area (Å²) in [6, 6.07) is 9.92. The summed E-state index contributed by atoms with van der Waals surface area (Å²) in [5, 5.41) is 2.49. The Morgan fingerprint density at radius 3 is 2.30 bits per heavy atom. The third kappa shape index (κ3) is 6.40. The van der Waals surface area contributed by atoms with Crippen molar-refractivity contribution in [2.24, 2.45) is 0 Å². The smallest absolute Gasteiger partial charge is 0.341 e. The lowest BCUT2D eigenvalue weighted by atomic mass is 10.1. The summed E-state index contributed by atoms with van der Waals surface area (Å²) in [6.45, 7) is 0.127. The number of hydrogen-bond donors (Lipinski definition) is 1. The van der Waals surface area contributed by atoms with Gasteiger partial charge in [-0.15, -0.1) is 0 Å². The quantitative estimate of drug-likeness (QED) is 0.761. The van der Waals surface area contributed by atoms with Crippen molar-refractivity contribution in [1.29, 1.82) is 0 Å². The summed E-state index contributed by atoms with van der Waals surface area (Å²) in [5.41, 5.74) is 0.0860. The summed E-state index contributed by atoms with van der Waals surface area (Å²) >= 11 is 0. The average molecular weight is 382 g/mol. The van der Waals surface area contributed by atoms with Crippen molar-refractivity contribution in [3.05, 3.63) is 65.5 Å². The van der Waals surface area contributed by atoms with Crippen molar-refractivity contribution in [1.82, 2.24) is 4.90 Å². The summed E-state index contributed by atoms with van der Waals surface area (Å²) in [7, 11) is 1.50. The van der Waals surface area contributed by atoms with Gasteiger partial charge in [0.25, 0.3) is 0 Å². The zero-order chi connectivity index (χ0) is 20.0. The number of carbonyl (C=O) groups is 2. The zero-order valence-electron chi connectivity index (χ0n) is 14.5. The first-order valence-corrected chi connectivity index (χ1v) is 8.10. The lowest BCUT2D eigenvalue weighted by Crippen LogP contribution is -2.27. The number of rotatable bonds is 6. The second-order valence-corrected chi connectivity index (χ2v) is 6.00. The second-order valence-electron chi connectivity index (χ2n) is 6.00. The van der Waals surface area contributed by atoms with E-state index in [-0.39, 0.29) is 25.3 Å². The Kier molecular flexibility index (Phi) is 6.55. The molecule has 8 heteroatoms. The Hall–Kier alpha value is -2.90. The normalized spacial score (nSPS) is 11.1. The molecule has 0 heterocycles. The van der Waals surface area contributed by atoms with Gasteiger partial charge in [0, 0.05) is 32.1 Å². The molecule has 2 amide bonds. The number of nitrogens with one attached hydrogen (secondary N) is 1. The number of carbonyl (C=O) groups excluding carboxylic acids is 2. The fraction of sp³-hybridized carbons (Fsp3) is 0.263. The van der Waals surface area contributed by atoms with Crippen LogP contribution in [-0.2, 0) is 22.3 Å².